The van der Waals surface area contributed by atoms with E-state index in [1.54, 1.807) is 0 Å². The molecule has 1 unspecified atom stereocenters. The summed E-state index contributed by atoms with van der Waals surface area (Å²) in [5.41, 5.74) is 0. The van der Waals surface area contributed by atoms with Crippen molar-refractivity contribution in [3.63, 3.8) is 0 Å². The standard InChI is InChI=1S/C24H42O21/c25-1-5-9(28)12(31)15(34)22(41-5)39-4-8-19(44-23-16(35)13(32)10(29)6(2-26)42-23)18(37)20(21(38)40-8)45-24-17(36)14(33)11(30)7(3-27)43-24/h5-38H,1-4H2/t5-,6-,7-,8-,9-,10-,11-,12+,13+,14+,15+,16+,17+,18+,19-,20+,21?,22+,23-,24-/m1/s1. The first-order valence-corrected chi connectivity index (χ1v) is 14.1. The third-order valence-electron chi connectivity index (χ3n) is 8.19. The van der Waals surface area contributed by atoms with Gasteiger partial charge in [-0.3, -0.25) is 0 Å². The van der Waals surface area contributed by atoms with Crippen molar-refractivity contribution in [2.75, 3.05) is 26.4 Å². The topological polar surface area (TPSA) is 348 Å². The third kappa shape index (κ3) is 7.59. The molecule has 45 heavy (non-hydrogen) atoms. The summed E-state index contributed by atoms with van der Waals surface area (Å²) in [5, 5.41) is 142. The summed E-state index contributed by atoms with van der Waals surface area (Å²) < 4.78 is 37.9. The Labute approximate surface area is 254 Å². The second-order valence-corrected chi connectivity index (χ2v) is 11.2. The van der Waals surface area contributed by atoms with Gasteiger partial charge in [0.1, 0.15) is 97.7 Å². The molecule has 0 aromatic rings. The van der Waals surface area contributed by atoms with Crippen LogP contribution in [0.15, 0.2) is 0 Å². The van der Waals surface area contributed by atoms with E-state index >= 15 is 0 Å². The smallest absolute Gasteiger partial charge is 0.187 e. The van der Waals surface area contributed by atoms with Crippen LogP contribution in [0.2, 0.25) is 0 Å². The lowest BCUT2D eigenvalue weighted by molar-refractivity contribution is -0.387. The highest BCUT2D eigenvalue weighted by Crippen LogP contribution is 2.33. The number of hydrogen-bond acceptors (Lipinski definition) is 21. The predicted octanol–water partition coefficient (Wildman–Crippen LogP) is -9.75. The van der Waals surface area contributed by atoms with Gasteiger partial charge in [-0.15, -0.1) is 0 Å². The van der Waals surface area contributed by atoms with E-state index in [-0.39, 0.29) is 0 Å². The Bertz CT molecular complexity index is 910. The molecule has 0 radical (unpaired) electrons. The van der Waals surface area contributed by atoms with Crippen molar-refractivity contribution in [1.29, 1.82) is 0 Å². The van der Waals surface area contributed by atoms with Crippen LogP contribution in [0, 0.1) is 0 Å². The van der Waals surface area contributed by atoms with Gasteiger partial charge in [-0.2, -0.15) is 0 Å². The van der Waals surface area contributed by atoms with Gasteiger partial charge in [0, 0.05) is 0 Å². The minimum atomic E-state index is -2.09. The summed E-state index contributed by atoms with van der Waals surface area (Å²) in [6, 6.07) is 0. The van der Waals surface area contributed by atoms with Crippen molar-refractivity contribution in [2.45, 2.75) is 123 Å². The van der Waals surface area contributed by atoms with Crippen molar-refractivity contribution in [3.05, 3.63) is 0 Å². The van der Waals surface area contributed by atoms with E-state index in [2.05, 4.69) is 0 Å². The number of rotatable bonds is 10. The minimum absolute atomic E-state index is 0.744. The zero-order valence-electron chi connectivity index (χ0n) is 23.5. The van der Waals surface area contributed by atoms with Gasteiger partial charge in [0.05, 0.1) is 26.4 Å². The quantitative estimate of drug-likeness (QED) is 0.103. The molecular formula is C24H42O21. The second kappa shape index (κ2) is 15.6. The van der Waals surface area contributed by atoms with E-state index in [1.807, 2.05) is 0 Å². The molecule has 4 rings (SSSR count). The van der Waals surface area contributed by atoms with E-state index in [0.717, 1.165) is 0 Å². The molecule has 0 aromatic heterocycles. The van der Waals surface area contributed by atoms with Crippen molar-refractivity contribution in [2.24, 2.45) is 0 Å². The molecule has 264 valence electrons. The zero-order valence-corrected chi connectivity index (χ0v) is 23.5. The first-order chi connectivity index (χ1) is 21.2. The van der Waals surface area contributed by atoms with Crippen molar-refractivity contribution < 1.29 is 105 Å². The molecule has 0 aromatic carbocycles. The fourth-order valence-electron chi connectivity index (χ4n) is 5.42. The molecule has 0 saturated carbocycles. The molecule has 0 aliphatic carbocycles. The molecule has 0 bridgehead atoms. The van der Waals surface area contributed by atoms with Gasteiger partial charge >= 0.3 is 0 Å². The summed E-state index contributed by atoms with van der Waals surface area (Å²) >= 11 is 0. The lowest BCUT2D eigenvalue weighted by Gasteiger charge is -2.48. The third-order valence-corrected chi connectivity index (χ3v) is 8.19. The molecule has 4 aliphatic heterocycles. The molecule has 0 amide bonds. The maximum absolute atomic E-state index is 11.3. The number of aliphatic hydroxyl groups excluding tert-OH is 14. The highest BCUT2D eigenvalue weighted by molar-refractivity contribution is 4.97. The Morgan fingerprint density at radius 1 is 0.378 bits per heavy atom. The monoisotopic (exact) mass is 666 g/mol. The van der Waals surface area contributed by atoms with E-state index in [4.69, 9.17) is 33.2 Å². The van der Waals surface area contributed by atoms with Crippen LogP contribution < -0.4 is 0 Å². The molecule has 20 atom stereocenters. The van der Waals surface area contributed by atoms with Crippen LogP contribution in [-0.4, -0.2) is 221 Å². The fourth-order valence-corrected chi connectivity index (χ4v) is 5.42. The largest absolute Gasteiger partial charge is 0.394 e. The van der Waals surface area contributed by atoms with Crippen LogP contribution >= 0.6 is 0 Å². The molecule has 4 fully saturated rings. The Morgan fingerprint density at radius 2 is 0.756 bits per heavy atom. The van der Waals surface area contributed by atoms with Gasteiger partial charge in [-0.1, -0.05) is 0 Å². The molecule has 21 nitrogen and oxygen atoms in total. The number of aliphatic hydroxyl groups is 14. The van der Waals surface area contributed by atoms with Crippen molar-refractivity contribution in [3.8, 4) is 0 Å². The van der Waals surface area contributed by atoms with Crippen LogP contribution in [-0.2, 0) is 33.2 Å². The minimum Gasteiger partial charge on any atom is -0.394 e. The zero-order chi connectivity index (χ0) is 33.3. The maximum Gasteiger partial charge on any atom is 0.187 e. The highest BCUT2D eigenvalue weighted by Gasteiger charge is 2.54. The average Bonchev–Trinajstić information content (AvgIpc) is 3.02. The molecular weight excluding hydrogens is 624 g/mol. The molecule has 4 heterocycles. The maximum atomic E-state index is 11.3. The van der Waals surface area contributed by atoms with Gasteiger partial charge in [0.2, 0.25) is 0 Å². The van der Waals surface area contributed by atoms with Crippen LogP contribution in [0.4, 0.5) is 0 Å². The molecule has 4 aliphatic rings. The normalized spacial score (nSPS) is 52.9. The van der Waals surface area contributed by atoms with Crippen LogP contribution in [0.5, 0.6) is 0 Å². The molecule has 4 saturated heterocycles. The van der Waals surface area contributed by atoms with Gasteiger partial charge in [0.15, 0.2) is 25.2 Å². The molecule has 0 spiro atoms. The molecule has 14 N–H and O–H groups in total. The lowest BCUT2D eigenvalue weighted by Crippen LogP contribution is -2.67. The van der Waals surface area contributed by atoms with E-state index < -0.39 is 149 Å². The Kier molecular flexibility index (Phi) is 12.8. The first-order valence-electron chi connectivity index (χ1n) is 14.1. The number of ether oxygens (including phenoxy) is 7. The van der Waals surface area contributed by atoms with Crippen LogP contribution in [0.3, 0.4) is 0 Å². The van der Waals surface area contributed by atoms with Crippen molar-refractivity contribution in [1.82, 2.24) is 0 Å². The first kappa shape index (κ1) is 37.0. The predicted molar refractivity (Wildman–Crippen MR) is 134 cm³/mol. The Morgan fingerprint density at radius 3 is 1.18 bits per heavy atom. The summed E-state index contributed by atoms with van der Waals surface area (Å²) in [5.74, 6) is 0. The fraction of sp³-hybridized carbons (Fsp3) is 1.00. The lowest BCUT2D eigenvalue weighted by atomic mass is 9.96. The second-order valence-electron chi connectivity index (χ2n) is 11.2. The summed E-state index contributed by atoms with van der Waals surface area (Å²) in [4.78, 5) is 0. The number of hydrogen-bond donors (Lipinski definition) is 14. The van der Waals surface area contributed by atoms with Gasteiger partial charge in [-0.05, 0) is 0 Å². The van der Waals surface area contributed by atoms with Gasteiger partial charge in [-0.25, -0.2) is 0 Å². The van der Waals surface area contributed by atoms with Gasteiger partial charge < -0.3 is 105 Å². The SMILES string of the molecule is OC[C@H]1O[C@H](OC[C@H]2OC(O)[C@@H](O[C@H]3O[C@H](CO)[C@@H](O)[C@H](O)[C@@H]3O)[C@@H](O)[C@@H]2O[C@H]2O[C@H](CO)[C@@H](O)[C@H](O)[C@@H]2O)[C@@H](O)[C@@H](O)[C@@H]1O. The highest BCUT2D eigenvalue weighted by atomic mass is 16.8. The van der Waals surface area contributed by atoms with E-state index in [9.17, 15) is 71.5 Å². The van der Waals surface area contributed by atoms with Crippen molar-refractivity contribution >= 4 is 0 Å². The van der Waals surface area contributed by atoms with E-state index in [1.165, 1.54) is 0 Å². The Balaban J connectivity index is 1.55. The average molecular weight is 667 g/mol. The summed E-state index contributed by atoms with van der Waals surface area (Å²) in [6.07, 6.45) is -35.7. The van der Waals surface area contributed by atoms with Gasteiger partial charge in [0.25, 0.3) is 0 Å². The van der Waals surface area contributed by atoms with Crippen LogP contribution in [0.25, 0.3) is 0 Å². The van der Waals surface area contributed by atoms with Crippen LogP contribution in [0.1, 0.15) is 0 Å². The molecule has 21 heteroatoms. The Hall–Kier alpha value is -0.840. The van der Waals surface area contributed by atoms with E-state index in [0.29, 0.717) is 0 Å². The summed E-state index contributed by atoms with van der Waals surface area (Å²) in [6.45, 7) is -3.18. The summed E-state index contributed by atoms with van der Waals surface area (Å²) in [7, 11) is 0.